The van der Waals surface area contributed by atoms with E-state index in [9.17, 15) is 14.0 Å². The first kappa shape index (κ1) is 27.9. The highest BCUT2D eigenvalue weighted by molar-refractivity contribution is 6.33. The summed E-state index contributed by atoms with van der Waals surface area (Å²) in [6.07, 6.45) is 6.19. The Bertz CT molecular complexity index is 1280. The van der Waals surface area contributed by atoms with E-state index in [2.05, 4.69) is 21.0 Å². The van der Waals surface area contributed by atoms with Gasteiger partial charge in [-0.2, -0.15) is 5.10 Å². The van der Waals surface area contributed by atoms with Gasteiger partial charge in [0.25, 0.3) is 5.91 Å². The molecule has 0 saturated carbocycles. The molecule has 0 spiro atoms. The van der Waals surface area contributed by atoms with Crippen LogP contribution in [-0.4, -0.2) is 40.7 Å². The van der Waals surface area contributed by atoms with Gasteiger partial charge in [0.15, 0.2) is 5.82 Å². The summed E-state index contributed by atoms with van der Waals surface area (Å²) in [6.45, 7) is 0.981. The lowest BCUT2D eigenvalue weighted by molar-refractivity contribution is -0.121. The SMILES string of the molecule is NCC[C@@H]1Nc2cccc(c2)[C@@H](NC(=O)c2cnn(-c3cccc(Cl)c3F)c2Cl)CCCCCCNC1=O. The van der Waals surface area contributed by atoms with Crippen LogP contribution in [0.5, 0.6) is 0 Å². The minimum absolute atomic E-state index is 0.0179. The largest absolute Gasteiger partial charge is 0.374 e. The molecule has 0 saturated heterocycles. The minimum Gasteiger partial charge on any atom is -0.374 e. The fraction of sp³-hybridized carbons (Fsp3) is 0.370. The highest BCUT2D eigenvalue weighted by Crippen LogP contribution is 2.28. The maximum atomic E-state index is 14.6. The Hall–Kier alpha value is -3.14. The Morgan fingerprint density at radius 3 is 2.76 bits per heavy atom. The molecular weight excluding hydrogens is 530 g/mol. The summed E-state index contributed by atoms with van der Waals surface area (Å²) in [4.78, 5) is 26.0. The summed E-state index contributed by atoms with van der Waals surface area (Å²) in [7, 11) is 0. The second kappa shape index (κ2) is 13.1. The first-order valence-corrected chi connectivity index (χ1v) is 13.5. The van der Waals surface area contributed by atoms with Crippen molar-refractivity contribution in [3.05, 3.63) is 75.8 Å². The lowest BCUT2D eigenvalue weighted by atomic mass is 9.98. The van der Waals surface area contributed by atoms with Crippen LogP contribution in [0.4, 0.5) is 10.1 Å². The van der Waals surface area contributed by atoms with E-state index >= 15 is 0 Å². The van der Waals surface area contributed by atoms with E-state index in [1.807, 2.05) is 24.3 Å². The van der Waals surface area contributed by atoms with E-state index in [0.29, 0.717) is 25.9 Å². The van der Waals surface area contributed by atoms with Crippen LogP contribution in [0.25, 0.3) is 5.69 Å². The molecule has 1 aliphatic rings. The molecule has 4 rings (SSSR count). The van der Waals surface area contributed by atoms with Gasteiger partial charge in [0.2, 0.25) is 5.91 Å². The van der Waals surface area contributed by atoms with Crippen molar-refractivity contribution in [2.24, 2.45) is 5.73 Å². The van der Waals surface area contributed by atoms with Crippen LogP contribution in [0, 0.1) is 5.82 Å². The van der Waals surface area contributed by atoms with Crippen molar-refractivity contribution in [3.63, 3.8) is 0 Å². The number of rotatable bonds is 5. The quantitative estimate of drug-likeness (QED) is 0.350. The van der Waals surface area contributed by atoms with E-state index in [4.69, 9.17) is 28.9 Å². The zero-order valence-corrected chi connectivity index (χ0v) is 22.4. The molecule has 8 nitrogen and oxygen atoms in total. The first-order valence-electron chi connectivity index (χ1n) is 12.7. The first-order chi connectivity index (χ1) is 18.4. The normalized spacial score (nSPS) is 18.7. The fourth-order valence-corrected chi connectivity index (χ4v) is 4.95. The predicted molar refractivity (Wildman–Crippen MR) is 147 cm³/mol. The highest BCUT2D eigenvalue weighted by Gasteiger charge is 2.23. The zero-order valence-electron chi connectivity index (χ0n) is 20.9. The Morgan fingerprint density at radius 1 is 1.16 bits per heavy atom. The molecule has 1 aromatic heterocycles. The molecule has 1 aliphatic heterocycles. The summed E-state index contributed by atoms with van der Waals surface area (Å²) in [5.74, 6) is -1.18. The molecule has 11 heteroatoms. The summed E-state index contributed by atoms with van der Waals surface area (Å²) in [5, 5.41) is 13.4. The van der Waals surface area contributed by atoms with Gasteiger partial charge in [0.05, 0.1) is 22.8 Å². The second-order valence-electron chi connectivity index (χ2n) is 9.25. The van der Waals surface area contributed by atoms with E-state index < -0.39 is 17.8 Å². The molecule has 0 radical (unpaired) electrons. The number of nitrogens with two attached hydrogens (primary N) is 1. The molecule has 38 heavy (non-hydrogen) atoms. The number of nitrogens with zero attached hydrogens (tertiary/aromatic N) is 2. The van der Waals surface area contributed by atoms with Crippen LogP contribution < -0.4 is 21.7 Å². The van der Waals surface area contributed by atoms with Gasteiger partial charge < -0.3 is 21.7 Å². The topological polar surface area (TPSA) is 114 Å². The number of hydrogen-bond acceptors (Lipinski definition) is 5. The maximum absolute atomic E-state index is 14.6. The number of fused-ring (bicyclic) bond motifs is 2. The van der Waals surface area contributed by atoms with Crippen molar-refractivity contribution < 1.29 is 14.0 Å². The summed E-state index contributed by atoms with van der Waals surface area (Å²) >= 11 is 12.4. The number of halogens is 3. The van der Waals surface area contributed by atoms with Gasteiger partial charge >= 0.3 is 0 Å². The van der Waals surface area contributed by atoms with Crippen molar-refractivity contribution in [2.45, 2.75) is 50.6 Å². The molecule has 2 heterocycles. The van der Waals surface area contributed by atoms with Crippen LogP contribution in [0.2, 0.25) is 10.2 Å². The monoisotopic (exact) mass is 560 g/mol. The Morgan fingerprint density at radius 2 is 1.95 bits per heavy atom. The minimum atomic E-state index is -0.678. The van der Waals surface area contributed by atoms with Gasteiger partial charge in [-0.3, -0.25) is 9.59 Å². The predicted octanol–water partition coefficient (Wildman–Crippen LogP) is 5.00. The number of aromatic nitrogens is 2. The number of amides is 2. The lowest BCUT2D eigenvalue weighted by Gasteiger charge is -2.23. The third-order valence-electron chi connectivity index (χ3n) is 6.54. The Balaban J connectivity index is 1.59. The van der Waals surface area contributed by atoms with Crippen molar-refractivity contribution >= 4 is 40.7 Å². The molecule has 0 fully saturated rings. The number of anilines is 1. The second-order valence-corrected chi connectivity index (χ2v) is 10.0. The Kier molecular flexibility index (Phi) is 9.60. The number of nitrogens with one attached hydrogen (secondary N) is 3. The van der Waals surface area contributed by atoms with Crippen LogP contribution in [0.3, 0.4) is 0 Å². The highest BCUT2D eigenvalue weighted by atomic mass is 35.5. The number of carbonyl (C=O) groups is 2. The van der Waals surface area contributed by atoms with Gasteiger partial charge in [-0.25, -0.2) is 9.07 Å². The summed E-state index contributed by atoms with van der Waals surface area (Å²) in [5.41, 5.74) is 7.57. The molecule has 2 amide bonds. The van der Waals surface area contributed by atoms with E-state index in [-0.39, 0.29) is 33.4 Å². The number of benzene rings is 2. The van der Waals surface area contributed by atoms with Crippen LogP contribution in [0.15, 0.2) is 48.7 Å². The third-order valence-corrected chi connectivity index (χ3v) is 7.20. The van der Waals surface area contributed by atoms with E-state index in [1.165, 1.54) is 18.3 Å². The van der Waals surface area contributed by atoms with Crippen molar-refractivity contribution in [1.29, 1.82) is 0 Å². The third kappa shape index (κ3) is 6.64. The molecule has 2 bridgehead atoms. The van der Waals surface area contributed by atoms with Gasteiger partial charge in [0, 0.05) is 12.2 Å². The fourth-order valence-electron chi connectivity index (χ4n) is 4.51. The zero-order chi connectivity index (χ0) is 27.1. The van der Waals surface area contributed by atoms with Crippen molar-refractivity contribution in [2.75, 3.05) is 18.4 Å². The molecule has 2 aromatic carbocycles. The van der Waals surface area contributed by atoms with Crippen LogP contribution >= 0.6 is 23.2 Å². The standard InChI is InChI=1S/C27H31Cl2FN6O2/c28-20-9-6-11-23(24(20)30)36-25(29)19(16-33-36)26(37)35-21-10-3-1-2-4-14-32-27(38)22(12-13-31)34-18-8-5-7-17(21)15-18/h5-9,11,15-16,21-22,34H,1-4,10,12-14,31H2,(H,32,38)(H,35,37)/t21-,22-/m0/s1. The summed E-state index contributed by atoms with van der Waals surface area (Å²) in [6, 6.07) is 11.3. The van der Waals surface area contributed by atoms with Crippen molar-refractivity contribution in [3.8, 4) is 5.69 Å². The van der Waals surface area contributed by atoms with Gasteiger partial charge in [-0.15, -0.1) is 0 Å². The van der Waals surface area contributed by atoms with Gasteiger partial charge in [-0.05, 0) is 55.6 Å². The van der Waals surface area contributed by atoms with Crippen molar-refractivity contribution in [1.82, 2.24) is 20.4 Å². The molecular formula is C27H31Cl2FN6O2. The van der Waals surface area contributed by atoms with Gasteiger partial charge in [-0.1, -0.05) is 60.7 Å². The van der Waals surface area contributed by atoms with E-state index in [0.717, 1.165) is 41.6 Å². The summed E-state index contributed by atoms with van der Waals surface area (Å²) < 4.78 is 15.7. The number of carbonyl (C=O) groups excluding carboxylic acids is 2. The Labute approximate surface area is 231 Å². The average molecular weight is 561 g/mol. The van der Waals surface area contributed by atoms with E-state index in [1.54, 1.807) is 6.07 Å². The van der Waals surface area contributed by atoms with Gasteiger partial charge in [0.1, 0.15) is 16.9 Å². The molecule has 0 aliphatic carbocycles. The molecule has 0 unspecified atom stereocenters. The smallest absolute Gasteiger partial charge is 0.256 e. The average Bonchev–Trinajstić information content (AvgIpc) is 3.29. The van der Waals surface area contributed by atoms with Crippen LogP contribution in [-0.2, 0) is 4.79 Å². The molecule has 2 atom stereocenters. The lowest BCUT2D eigenvalue weighted by Crippen LogP contribution is -2.41. The van der Waals surface area contributed by atoms with Crippen LogP contribution in [0.1, 0.15) is 60.5 Å². The number of hydrogen-bond donors (Lipinski definition) is 4. The molecule has 3 aromatic rings. The maximum Gasteiger partial charge on any atom is 0.256 e. The molecule has 5 N–H and O–H groups in total. The molecule has 202 valence electrons.